The zero-order chi connectivity index (χ0) is 16.5. The van der Waals surface area contributed by atoms with Crippen molar-refractivity contribution < 1.29 is 4.79 Å². The Kier molecular flexibility index (Phi) is 4.08. The summed E-state index contributed by atoms with van der Waals surface area (Å²) >= 11 is 0. The minimum atomic E-state index is -0.128. The van der Waals surface area contributed by atoms with Gasteiger partial charge in [0.2, 0.25) is 5.91 Å². The summed E-state index contributed by atoms with van der Waals surface area (Å²) in [7, 11) is 0. The van der Waals surface area contributed by atoms with E-state index in [0.717, 1.165) is 25.3 Å². The van der Waals surface area contributed by atoms with E-state index in [4.69, 9.17) is 0 Å². The van der Waals surface area contributed by atoms with Crippen LogP contribution in [-0.4, -0.2) is 33.4 Å². The Morgan fingerprint density at radius 3 is 2.83 bits per heavy atom. The second-order valence-corrected chi connectivity index (χ2v) is 7.02. The number of amides is 1. The number of rotatable bonds is 4. The molecule has 1 aliphatic heterocycles. The standard InChI is InChI=1S/C19H23N3O2/c23-18(22-12-4-9-16(22)13-5-3-6-13)11-10-17-20-15-8-2-1-7-14(15)19(24)21-17/h1-2,7-8,13,16H,3-6,9-12H2,(H,20,21,24). The monoisotopic (exact) mass is 325 g/mol. The van der Waals surface area contributed by atoms with Gasteiger partial charge in [-0.05, 0) is 43.7 Å². The summed E-state index contributed by atoms with van der Waals surface area (Å²) in [6.07, 6.45) is 7.05. The van der Waals surface area contributed by atoms with E-state index in [1.54, 1.807) is 6.07 Å². The number of carbonyl (C=O) groups is 1. The molecule has 24 heavy (non-hydrogen) atoms. The molecule has 2 aliphatic rings. The summed E-state index contributed by atoms with van der Waals surface area (Å²) in [6, 6.07) is 7.76. The number of likely N-dealkylation sites (tertiary alicyclic amines) is 1. The molecular weight excluding hydrogens is 302 g/mol. The van der Waals surface area contributed by atoms with Crippen molar-refractivity contribution in [3.63, 3.8) is 0 Å². The van der Waals surface area contributed by atoms with Crippen LogP contribution in [0.15, 0.2) is 29.1 Å². The van der Waals surface area contributed by atoms with Gasteiger partial charge in [0.25, 0.3) is 5.56 Å². The average Bonchev–Trinajstić information content (AvgIpc) is 3.00. The third-order valence-electron chi connectivity index (χ3n) is 5.55. The number of nitrogens with one attached hydrogen (secondary N) is 1. The number of aryl methyl sites for hydroxylation is 1. The van der Waals surface area contributed by atoms with Gasteiger partial charge in [-0.15, -0.1) is 0 Å². The smallest absolute Gasteiger partial charge is 0.258 e. The van der Waals surface area contributed by atoms with E-state index in [-0.39, 0.29) is 11.5 Å². The lowest BCUT2D eigenvalue weighted by Crippen LogP contribution is -2.42. The van der Waals surface area contributed by atoms with Crippen LogP contribution in [-0.2, 0) is 11.2 Å². The van der Waals surface area contributed by atoms with Gasteiger partial charge in [0.05, 0.1) is 10.9 Å². The highest BCUT2D eigenvalue weighted by molar-refractivity contribution is 5.78. The first kappa shape index (κ1) is 15.4. The fourth-order valence-corrected chi connectivity index (χ4v) is 4.04. The molecule has 0 bridgehead atoms. The summed E-state index contributed by atoms with van der Waals surface area (Å²) in [5.41, 5.74) is 0.564. The van der Waals surface area contributed by atoms with Crippen molar-refractivity contribution in [2.24, 2.45) is 5.92 Å². The van der Waals surface area contributed by atoms with Crippen molar-refractivity contribution in [2.75, 3.05) is 6.54 Å². The van der Waals surface area contributed by atoms with Gasteiger partial charge in [0.1, 0.15) is 5.82 Å². The summed E-state index contributed by atoms with van der Waals surface area (Å²) in [4.78, 5) is 34.1. The molecule has 1 unspecified atom stereocenters. The molecule has 5 heteroatoms. The zero-order valence-corrected chi connectivity index (χ0v) is 13.8. The Bertz CT molecular complexity index is 810. The molecule has 1 amide bonds. The molecule has 5 nitrogen and oxygen atoms in total. The zero-order valence-electron chi connectivity index (χ0n) is 13.8. The number of carbonyl (C=O) groups excluding carboxylic acids is 1. The van der Waals surface area contributed by atoms with Gasteiger partial charge in [-0.25, -0.2) is 4.98 Å². The van der Waals surface area contributed by atoms with Crippen LogP contribution < -0.4 is 5.56 Å². The average molecular weight is 325 g/mol. The first-order chi connectivity index (χ1) is 11.7. The van der Waals surface area contributed by atoms with Gasteiger partial charge in [0, 0.05) is 25.4 Å². The van der Waals surface area contributed by atoms with Crippen molar-refractivity contribution in [3.05, 3.63) is 40.4 Å². The minimum absolute atomic E-state index is 0.128. The Balaban J connectivity index is 1.44. The van der Waals surface area contributed by atoms with E-state index in [2.05, 4.69) is 14.9 Å². The Labute approximate surface area is 141 Å². The topological polar surface area (TPSA) is 66.1 Å². The van der Waals surface area contributed by atoms with E-state index >= 15 is 0 Å². The van der Waals surface area contributed by atoms with Crippen molar-refractivity contribution in [3.8, 4) is 0 Å². The number of para-hydroxylation sites is 1. The molecule has 0 spiro atoms. The highest BCUT2D eigenvalue weighted by Gasteiger charge is 2.36. The molecule has 1 atom stereocenters. The number of hydrogen-bond donors (Lipinski definition) is 1. The molecule has 126 valence electrons. The number of aromatic amines is 1. The lowest BCUT2D eigenvalue weighted by molar-refractivity contribution is -0.133. The number of H-pyrrole nitrogens is 1. The Hall–Kier alpha value is -2.17. The maximum atomic E-state index is 12.6. The van der Waals surface area contributed by atoms with Gasteiger partial charge in [0.15, 0.2) is 0 Å². The normalized spacial score (nSPS) is 21.2. The molecule has 1 N–H and O–H groups in total. The quantitative estimate of drug-likeness (QED) is 0.940. The predicted molar refractivity (Wildman–Crippen MR) is 92.8 cm³/mol. The van der Waals surface area contributed by atoms with E-state index in [1.165, 1.54) is 19.3 Å². The fourth-order valence-electron chi connectivity index (χ4n) is 4.04. The van der Waals surface area contributed by atoms with Crippen LogP contribution >= 0.6 is 0 Å². The van der Waals surface area contributed by atoms with Crippen molar-refractivity contribution >= 4 is 16.8 Å². The van der Waals surface area contributed by atoms with E-state index in [9.17, 15) is 9.59 Å². The second kappa shape index (κ2) is 6.38. The van der Waals surface area contributed by atoms with Crippen molar-refractivity contribution in [1.82, 2.24) is 14.9 Å². The molecule has 1 aliphatic carbocycles. The number of hydrogen-bond acceptors (Lipinski definition) is 3. The third-order valence-corrected chi connectivity index (χ3v) is 5.55. The summed E-state index contributed by atoms with van der Waals surface area (Å²) in [5, 5.41) is 0.595. The maximum absolute atomic E-state index is 12.6. The molecule has 2 fully saturated rings. The molecular formula is C19H23N3O2. The molecule has 2 heterocycles. The summed E-state index contributed by atoms with van der Waals surface area (Å²) < 4.78 is 0. The minimum Gasteiger partial charge on any atom is -0.339 e. The van der Waals surface area contributed by atoms with E-state index in [1.807, 2.05) is 18.2 Å². The first-order valence-electron chi connectivity index (χ1n) is 9.00. The van der Waals surface area contributed by atoms with Crippen molar-refractivity contribution in [2.45, 2.75) is 51.0 Å². The third kappa shape index (κ3) is 2.83. The molecule has 1 aromatic carbocycles. The Morgan fingerprint density at radius 2 is 2.04 bits per heavy atom. The van der Waals surface area contributed by atoms with Gasteiger partial charge < -0.3 is 9.88 Å². The van der Waals surface area contributed by atoms with Gasteiger partial charge in [-0.1, -0.05) is 18.6 Å². The van der Waals surface area contributed by atoms with Gasteiger partial charge >= 0.3 is 0 Å². The molecule has 1 saturated heterocycles. The number of fused-ring (bicyclic) bond motifs is 1. The van der Waals surface area contributed by atoms with Crippen LogP contribution in [0.25, 0.3) is 10.9 Å². The highest BCUT2D eigenvalue weighted by Crippen LogP contribution is 2.37. The van der Waals surface area contributed by atoms with Crippen LogP contribution in [0, 0.1) is 5.92 Å². The lowest BCUT2D eigenvalue weighted by Gasteiger charge is -2.37. The molecule has 2 aromatic rings. The van der Waals surface area contributed by atoms with Crippen LogP contribution in [0.5, 0.6) is 0 Å². The first-order valence-corrected chi connectivity index (χ1v) is 9.00. The molecule has 4 rings (SSSR count). The Morgan fingerprint density at radius 1 is 1.21 bits per heavy atom. The lowest BCUT2D eigenvalue weighted by atomic mass is 9.79. The van der Waals surface area contributed by atoms with Crippen molar-refractivity contribution in [1.29, 1.82) is 0 Å². The summed E-state index contributed by atoms with van der Waals surface area (Å²) in [5.74, 6) is 1.53. The number of nitrogens with zero attached hydrogens (tertiary/aromatic N) is 2. The predicted octanol–water partition coefficient (Wildman–Crippen LogP) is 2.65. The number of aromatic nitrogens is 2. The van der Waals surface area contributed by atoms with Crippen LogP contribution in [0.1, 0.15) is 44.3 Å². The van der Waals surface area contributed by atoms with E-state index in [0.29, 0.717) is 35.6 Å². The van der Waals surface area contributed by atoms with Gasteiger partial charge in [-0.2, -0.15) is 0 Å². The maximum Gasteiger partial charge on any atom is 0.258 e. The molecule has 0 radical (unpaired) electrons. The molecule has 1 saturated carbocycles. The van der Waals surface area contributed by atoms with Gasteiger partial charge in [-0.3, -0.25) is 9.59 Å². The highest BCUT2D eigenvalue weighted by atomic mass is 16.2. The van der Waals surface area contributed by atoms with Crippen LogP contribution in [0.2, 0.25) is 0 Å². The van der Waals surface area contributed by atoms with E-state index < -0.39 is 0 Å². The largest absolute Gasteiger partial charge is 0.339 e. The second-order valence-electron chi connectivity index (χ2n) is 7.02. The summed E-state index contributed by atoms with van der Waals surface area (Å²) in [6.45, 7) is 0.891. The molecule has 1 aromatic heterocycles. The number of benzene rings is 1. The SMILES string of the molecule is O=C(CCc1nc2ccccc2c(=O)[nH]1)N1CCCC1C1CCC1. The fraction of sp³-hybridized carbons (Fsp3) is 0.526. The van der Waals surface area contributed by atoms with Crippen LogP contribution in [0.3, 0.4) is 0 Å². The van der Waals surface area contributed by atoms with Crippen LogP contribution in [0.4, 0.5) is 0 Å².